The Kier molecular flexibility index (Phi) is 4.26. The van der Waals surface area contributed by atoms with Gasteiger partial charge in [0.05, 0.1) is 17.0 Å². The van der Waals surface area contributed by atoms with Gasteiger partial charge in [-0.1, -0.05) is 17.7 Å². The van der Waals surface area contributed by atoms with Crippen LogP contribution in [0.1, 0.15) is 23.0 Å². The summed E-state index contributed by atoms with van der Waals surface area (Å²) in [6, 6.07) is 12.0. The lowest BCUT2D eigenvalue weighted by atomic mass is 10.2. The third-order valence-electron chi connectivity index (χ3n) is 3.78. The van der Waals surface area contributed by atoms with Crippen LogP contribution in [-0.2, 0) is 14.8 Å². The van der Waals surface area contributed by atoms with E-state index >= 15 is 0 Å². The number of benzene rings is 2. The number of esters is 1. The third kappa shape index (κ3) is 2.98. The second-order valence-electron chi connectivity index (χ2n) is 5.58. The molecule has 0 aliphatic heterocycles. The van der Waals surface area contributed by atoms with Crippen molar-refractivity contribution in [3.8, 4) is 5.75 Å². The van der Waals surface area contributed by atoms with Gasteiger partial charge in [-0.2, -0.15) is 0 Å². The summed E-state index contributed by atoms with van der Waals surface area (Å²) in [5.41, 5.74) is 1.11. The molecule has 25 heavy (non-hydrogen) atoms. The molecule has 0 unspecified atom stereocenters. The van der Waals surface area contributed by atoms with Crippen LogP contribution < -0.4 is 0 Å². The molecular formula is C18H17NO5S. The second kappa shape index (κ2) is 6.25. The molecule has 0 aliphatic carbocycles. The summed E-state index contributed by atoms with van der Waals surface area (Å²) < 4.78 is 32.2. The third-order valence-corrected chi connectivity index (χ3v) is 5.53. The molecule has 6 nitrogen and oxygen atoms in total. The van der Waals surface area contributed by atoms with Crippen molar-refractivity contribution in [1.29, 1.82) is 0 Å². The van der Waals surface area contributed by atoms with Gasteiger partial charge in [-0.15, -0.1) is 0 Å². The van der Waals surface area contributed by atoms with Crippen molar-refractivity contribution >= 4 is 26.9 Å². The summed E-state index contributed by atoms with van der Waals surface area (Å²) in [5.74, 6) is -0.762. The van der Waals surface area contributed by atoms with E-state index in [-0.39, 0.29) is 22.9 Å². The lowest BCUT2D eigenvalue weighted by Gasteiger charge is -2.11. The molecule has 0 fully saturated rings. The highest BCUT2D eigenvalue weighted by Gasteiger charge is 2.27. The summed E-state index contributed by atoms with van der Waals surface area (Å²) in [6.45, 7) is 3.62. The fraction of sp³-hybridized carbons (Fsp3) is 0.167. The molecule has 0 bridgehead atoms. The van der Waals surface area contributed by atoms with E-state index < -0.39 is 16.0 Å². The average molecular weight is 359 g/mol. The maximum absolute atomic E-state index is 13.1. The first-order valence-electron chi connectivity index (χ1n) is 7.68. The van der Waals surface area contributed by atoms with Gasteiger partial charge in [0.15, 0.2) is 0 Å². The number of phenols is 1. The van der Waals surface area contributed by atoms with E-state index in [0.717, 1.165) is 9.54 Å². The number of aryl methyl sites for hydroxylation is 1. The van der Waals surface area contributed by atoms with E-state index in [1.165, 1.54) is 36.4 Å². The topological polar surface area (TPSA) is 85.6 Å². The molecule has 0 radical (unpaired) electrons. The van der Waals surface area contributed by atoms with Crippen LogP contribution in [0.4, 0.5) is 0 Å². The van der Waals surface area contributed by atoms with Gasteiger partial charge in [0.1, 0.15) is 11.4 Å². The number of nitrogens with zero attached hydrogens (tertiary/aromatic N) is 1. The van der Waals surface area contributed by atoms with Gasteiger partial charge in [0, 0.05) is 5.39 Å². The van der Waals surface area contributed by atoms with Crippen molar-refractivity contribution in [3.63, 3.8) is 0 Å². The van der Waals surface area contributed by atoms with Crippen LogP contribution in [-0.4, -0.2) is 30.1 Å². The molecule has 0 atom stereocenters. The van der Waals surface area contributed by atoms with Crippen molar-refractivity contribution in [2.75, 3.05) is 6.61 Å². The normalized spacial score (nSPS) is 11.6. The number of hydrogen-bond donors (Lipinski definition) is 1. The molecular weight excluding hydrogens is 342 g/mol. The summed E-state index contributed by atoms with van der Waals surface area (Å²) in [4.78, 5) is 12.3. The van der Waals surface area contributed by atoms with Crippen LogP contribution in [0.25, 0.3) is 10.9 Å². The van der Waals surface area contributed by atoms with E-state index in [0.29, 0.717) is 10.9 Å². The fourth-order valence-electron chi connectivity index (χ4n) is 2.60. The Morgan fingerprint density at radius 2 is 1.80 bits per heavy atom. The first kappa shape index (κ1) is 17.0. The van der Waals surface area contributed by atoms with Crippen LogP contribution in [0, 0.1) is 6.92 Å². The zero-order chi connectivity index (χ0) is 18.2. The Morgan fingerprint density at radius 1 is 1.12 bits per heavy atom. The van der Waals surface area contributed by atoms with Gasteiger partial charge in [-0.25, -0.2) is 17.2 Å². The van der Waals surface area contributed by atoms with E-state index in [4.69, 9.17) is 4.74 Å². The first-order chi connectivity index (χ1) is 11.8. The molecule has 1 heterocycles. The number of ether oxygens (including phenoxy) is 1. The molecule has 0 saturated carbocycles. The number of fused-ring (bicyclic) bond motifs is 1. The summed E-state index contributed by atoms with van der Waals surface area (Å²) in [5, 5.41) is 10.1. The van der Waals surface area contributed by atoms with E-state index in [9.17, 15) is 18.3 Å². The summed E-state index contributed by atoms with van der Waals surface area (Å²) in [6.07, 6.45) is 0. The minimum absolute atomic E-state index is 0.0206. The number of hydrogen-bond acceptors (Lipinski definition) is 5. The van der Waals surface area contributed by atoms with Gasteiger partial charge < -0.3 is 9.84 Å². The Bertz CT molecular complexity index is 1050. The second-order valence-corrected chi connectivity index (χ2v) is 7.36. The van der Waals surface area contributed by atoms with Crippen molar-refractivity contribution in [2.45, 2.75) is 18.7 Å². The van der Waals surface area contributed by atoms with Crippen LogP contribution in [0.15, 0.2) is 53.4 Å². The zero-order valence-corrected chi connectivity index (χ0v) is 14.6. The van der Waals surface area contributed by atoms with Crippen molar-refractivity contribution in [1.82, 2.24) is 3.97 Å². The van der Waals surface area contributed by atoms with E-state index in [1.807, 2.05) is 6.92 Å². The van der Waals surface area contributed by atoms with Crippen molar-refractivity contribution < 1.29 is 23.1 Å². The number of rotatable bonds is 4. The number of aromatic hydroxyl groups is 1. The minimum Gasteiger partial charge on any atom is -0.508 e. The van der Waals surface area contributed by atoms with E-state index in [1.54, 1.807) is 19.1 Å². The van der Waals surface area contributed by atoms with Crippen LogP contribution in [0.3, 0.4) is 0 Å². The summed E-state index contributed by atoms with van der Waals surface area (Å²) in [7, 11) is -4.01. The van der Waals surface area contributed by atoms with E-state index in [2.05, 4.69) is 0 Å². The number of phenolic OH excluding ortho intramolecular Hbond substituents is 1. The molecule has 1 aromatic heterocycles. The Labute approximate surface area is 145 Å². The fourth-order valence-corrected chi connectivity index (χ4v) is 4.10. The molecule has 7 heteroatoms. The lowest BCUT2D eigenvalue weighted by molar-refractivity contribution is 0.0518. The van der Waals surface area contributed by atoms with Crippen LogP contribution >= 0.6 is 0 Å². The average Bonchev–Trinajstić information content (AvgIpc) is 2.94. The maximum atomic E-state index is 13.1. The quantitative estimate of drug-likeness (QED) is 0.724. The minimum atomic E-state index is -4.01. The molecule has 0 spiro atoms. The van der Waals surface area contributed by atoms with Crippen LogP contribution in [0.2, 0.25) is 0 Å². The predicted octanol–water partition coefficient (Wildman–Crippen LogP) is 3.07. The Balaban J connectivity index is 2.31. The highest BCUT2D eigenvalue weighted by Crippen LogP contribution is 2.29. The van der Waals surface area contributed by atoms with Crippen molar-refractivity contribution in [3.05, 3.63) is 59.8 Å². The molecule has 130 valence electrons. The molecule has 2 aromatic carbocycles. The largest absolute Gasteiger partial charge is 0.508 e. The van der Waals surface area contributed by atoms with Gasteiger partial charge >= 0.3 is 5.97 Å². The molecule has 1 N–H and O–H groups in total. The Hall–Kier alpha value is -2.80. The molecule has 0 aliphatic rings. The monoisotopic (exact) mass is 359 g/mol. The molecule has 3 aromatic rings. The molecule has 3 rings (SSSR count). The smallest absolute Gasteiger partial charge is 0.356 e. The number of carbonyl (C=O) groups is 1. The highest BCUT2D eigenvalue weighted by atomic mass is 32.2. The van der Waals surface area contributed by atoms with Crippen LogP contribution in [0.5, 0.6) is 5.75 Å². The number of aromatic nitrogens is 1. The van der Waals surface area contributed by atoms with Crippen molar-refractivity contribution in [2.24, 2.45) is 0 Å². The van der Waals surface area contributed by atoms with Gasteiger partial charge in [0.2, 0.25) is 0 Å². The maximum Gasteiger partial charge on any atom is 0.356 e. The highest BCUT2D eigenvalue weighted by molar-refractivity contribution is 7.90. The van der Waals surface area contributed by atoms with Gasteiger partial charge in [0.25, 0.3) is 10.0 Å². The van der Waals surface area contributed by atoms with Gasteiger partial charge in [-0.3, -0.25) is 0 Å². The Morgan fingerprint density at radius 3 is 2.44 bits per heavy atom. The first-order valence-corrected chi connectivity index (χ1v) is 9.12. The molecule has 0 saturated heterocycles. The standard InChI is InChI=1S/C18H17NO5S/c1-3-24-18(21)17-11-13-10-14(20)6-9-16(13)19(17)25(22,23)15-7-4-12(2)5-8-15/h4-11,20H,3H2,1-2H3. The lowest BCUT2D eigenvalue weighted by Crippen LogP contribution is -2.19. The SMILES string of the molecule is CCOC(=O)c1cc2cc(O)ccc2n1S(=O)(=O)c1ccc(C)cc1. The predicted molar refractivity (Wildman–Crippen MR) is 93.3 cm³/mol. The molecule has 0 amide bonds. The number of carbonyl (C=O) groups excluding carboxylic acids is 1. The zero-order valence-electron chi connectivity index (χ0n) is 13.8. The van der Waals surface area contributed by atoms with Gasteiger partial charge in [-0.05, 0) is 50.2 Å². The summed E-state index contributed by atoms with van der Waals surface area (Å²) >= 11 is 0.